The minimum absolute atomic E-state index is 0.0532. The maximum Gasteiger partial charge on any atom is 0.282 e. The van der Waals surface area contributed by atoms with Crippen LogP contribution in [0.15, 0.2) is 42.5 Å². The highest BCUT2D eigenvalue weighted by atomic mass is 35.5. The lowest BCUT2D eigenvalue weighted by Crippen LogP contribution is -3.09. The van der Waals surface area contributed by atoms with Crippen LogP contribution in [0.4, 0.5) is 10.1 Å². The number of para-hydroxylation sites is 1. The van der Waals surface area contributed by atoms with E-state index >= 15 is 0 Å². The highest BCUT2D eigenvalue weighted by Gasteiger charge is 2.32. The number of hydrogen-bond donors (Lipinski definition) is 1. The summed E-state index contributed by atoms with van der Waals surface area (Å²) in [5.41, 5.74) is 2.65. The van der Waals surface area contributed by atoms with Crippen LogP contribution in [-0.2, 0) is 17.8 Å². The average molecular weight is 348 g/mol. The van der Waals surface area contributed by atoms with Gasteiger partial charge in [0.25, 0.3) is 5.91 Å². The molecule has 1 unspecified atom stereocenters. The highest BCUT2D eigenvalue weighted by Crippen LogP contribution is 2.31. The van der Waals surface area contributed by atoms with Crippen molar-refractivity contribution in [1.29, 1.82) is 0 Å². The van der Waals surface area contributed by atoms with Crippen molar-refractivity contribution in [1.82, 2.24) is 0 Å². The largest absolute Gasteiger partial charge is 0.326 e. The van der Waals surface area contributed by atoms with Crippen molar-refractivity contribution in [3.8, 4) is 0 Å². The molecule has 0 saturated heterocycles. The Morgan fingerprint density at radius 3 is 2.79 bits per heavy atom. The molecule has 2 aromatic carbocycles. The molecule has 1 heterocycles. The van der Waals surface area contributed by atoms with Gasteiger partial charge in [-0.25, -0.2) is 4.39 Å². The Morgan fingerprint density at radius 1 is 1.29 bits per heavy atom. The quantitative estimate of drug-likeness (QED) is 0.903. The fraction of sp³-hybridized carbons (Fsp3) is 0.316. The zero-order valence-corrected chi connectivity index (χ0v) is 14.6. The van der Waals surface area contributed by atoms with Gasteiger partial charge in [-0.1, -0.05) is 35.9 Å². The lowest BCUT2D eigenvalue weighted by Gasteiger charge is -2.24. The maximum atomic E-state index is 13.9. The Balaban J connectivity index is 1.71. The van der Waals surface area contributed by atoms with Gasteiger partial charge in [-0.15, -0.1) is 0 Å². The molecule has 2 atom stereocenters. The van der Waals surface area contributed by atoms with Crippen LogP contribution >= 0.6 is 11.6 Å². The summed E-state index contributed by atoms with van der Waals surface area (Å²) in [6, 6.07) is 12.8. The summed E-state index contributed by atoms with van der Waals surface area (Å²) >= 11 is 6.08. The van der Waals surface area contributed by atoms with Gasteiger partial charge in [0, 0.05) is 11.7 Å². The highest BCUT2D eigenvalue weighted by molar-refractivity contribution is 6.31. The van der Waals surface area contributed by atoms with E-state index in [1.807, 2.05) is 30.1 Å². The normalized spacial score (nSPS) is 17.7. The molecule has 24 heavy (non-hydrogen) atoms. The summed E-state index contributed by atoms with van der Waals surface area (Å²) in [5, 5.41) is 0.404. The number of nitrogens with zero attached hydrogens (tertiary/aromatic N) is 1. The van der Waals surface area contributed by atoms with Crippen LogP contribution in [-0.4, -0.2) is 25.5 Å². The SMILES string of the molecule is C[C@H]1Cc2ccccc2N1C(=O)C[NH+](C)Cc1c(F)cccc1Cl. The molecule has 0 spiro atoms. The van der Waals surface area contributed by atoms with Gasteiger partial charge in [0.1, 0.15) is 12.4 Å². The molecule has 0 radical (unpaired) electrons. The van der Waals surface area contributed by atoms with Crippen LogP contribution in [0, 0.1) is 5.82 Å². The smallest absolute Gasteiger partial charge is 0.282 e. The number of anilines is 1. The molecule has 2 aromatic rings. The Kier molecular flexibility index (Phi) is 4.88. The van der Waals surface area contributed by atoms with Crippen molar-refractivity contribution >= 4 is 23.2 Å². The van der Waals surface area contributed by atoms with Gasteiger partial charge in [0.05, 0.1) is 17.6 Å². The number of quaternary nitrogens is 1. The number of nitrogens with one attached hydrogen (secondary N) is 1. The minimum Gasteiger partial charge on any atom is -0.326 e. The number of benzene rings is 2. The molecular weight excluding hydrogens is 327 g/mol. The molecule has 0 bridgehead atoms. The zero-order chi connectivity index (χ0) is 17.3. The summed E-state index contributed by atoms with van der Waals surface area (Å²) in [6.45, 7) is 2.73. The number of fused-ring (bicyclic) bond motifs is 1. The molecule has 0 aliphatic carbocycles. The van der Waals surface area contributed by atoms with E-state index in [4.69, 9.17) is 11.6 Å². The van der Waals surface area contributed by atoms with Crippen molar-refractivity contribution in [3.63, 3.8) is 0 Å². The third kappa shape index (κ3) is 3.30. The van der Waals surface area contributed by atoms with Gasteiger partial charge in [0.2, 0.25) is 0 Å². The lowest BCUT2D eigenvalue weighted by atomic mass is 10.1. The second-order valence-electron chi connectivity index (χ2n) is 6.46. The zero-order valence-electron chi connectivity index (χ0n) is 13.9. The standard InChI is InChI=1S/C19H20ClFN2O/c1-13-10-14-6-3-4-9-18(14)23(13)19(24)12-22(2)11-15-16(20)7-5-8-17(15)21/h3-9,13H,10-12H2,1-2H3/p+1/t13-/m0/s1. The van der Waals surface area contributed by atoms with Crippen molar-refractivity contribution in [2.75, 3.05) is 18.5 Å². The molecule has 0 aromatic heterocycles. The molecule has 126 valence electrons. The van der Waals surface area contributed by atoms with Crippen LogP contribution in [0.5, 0.6) is 0 Å². The first-order chi connectivity index (χ1) is 11.5. The topological polar surface area (TPSA) is 24.8 Å². The number of carbonyl (C=O) groups is 1. The monoisotopic (exact) mass is 347 g/mol. The van der Waals surface area contributed by atoms with Crippen LogP contribution in [0.1, 0.15) is 18.1 Å². The van der Waals surface area contributed by atoms with E-state index in [0.717, 1.165) is 17.0 Å². The lowest BCUT2D eigenvalue weighted by molar-refractivity contribution is -0.885. The third-order valence-electron chi connectivity index (χ3n) is 4.47. The second kappa shape index (κ2) is 6.91. The van der Waals surface area contributed by atoms with E-state index in [1.54, 1.807) is 12.1 Å². The average Bonchev–Trinajstić information content (AvgIpc) is 2.86. The van der Waals surface area contributed by atoms with Crippen molar-refractivity contribution < 1.29 is 14.1 Å². The number of halogens is 2. The maximum absolute atomic E-state index is 13.9. The first kappa shape index (κ1) is 16.9. The van der Waals surface area contributed by atoms with E-state index < -0.39 is 0 Å². The van der Waals surface area contributed by atoms with E-state index in [0.29, 0.717) is 23.7 Å². The third-order valence-corrected chi connectivity index (χ3v) is 4.82. The van der Waals surface area contributed by atoms with Crippen molar-refractivity contribution in [2.24, 2.45) is 0 Å². The van der Waals surface area contributed by atoms with Crippen molar-refractivity contribution in [3.05, 3.63) is 64.4 Å². The van der Waals surface area contributed by atoms with E-state index in [-0.39, 0.29) is 17.8 Å². The van der Waals surface area contributed by atoms with Gasteiger partial charge in [0.15, 0.2) is 6.54 Å². The van der Waals surface area contributed by atoms with E-state index in [1.165, 1.54) is 11.6 Å². The van der Waals surface area contributed by atoms with E-state index in [9.17, 15) is 9.18 Å². The predicted octanol–water partition coefficient (Wildman–Crippen LogP) is 2.47. The van der Waals surface area contributed by atoms with Crippen LogP contribution in [0.2, 0.25) is 5.02 Å². The van der Waals surface area contributed by atoms with Crippen LogP contribution < -0.4 is 9.80 Å². The summed E-state index contributed by atoms with van der Waals surface area (Å²) in [7, 11) is 1.88. The molecule has 5 heteroatoms. The second-order valence-corrected chi connectivity index (χ2v) is 6.86. The fourth-order valence-electron chi connectivity index (χ4n) is 3.35. The summed E-state index contributed by atoms with van der Waals surface area (Å²) in [5.74, 6) is -0.272. The van der Waals surface area contributed by atoms with Crippen molar-refractivity contribution in [2.45, 2.75) is 25.9 Å². The summed E-state index contributed by atoms with van der Waals surface area (Å²) in [6.07, 6.45) is 0.875. The number of carbonyl (C=O) groups excluding carboxylic acids is 1. The Morgan fingerprint density at radius 2 is 2.04 bits per heavy atom. The van der Waals surface area contributed by atoms with Gasteiger partial charge in [-0.3, -0.25) is 4.79 Å². The molecule has 1 amide bonds. The van der Waals surface area contributed by atoms with Crippen LogP contribution in [0.25, 0.3) is 0 Å². The predicted molar refractivity (Wildman–Crippen MR) is 94.0 cm³/mol. The Bertz CT molecular complexity index is 745. The Labute approximate surface area is 146 Å². The minimum atomic E-state index is -0.325. The molecular formula is C19H21ClFN2O+. The number of hydrogen-bond acceptors (Lipinski definition) is 1. The summed E-state index contributed by atoms with van der Waals surface area (Å²) in [4.78, 5) is 15.5. The molecule has 3 nitrogen and oxygen atoms in total. The molecule has 3 rings (SSSR count). The Hall–Kier alpha value is -1.91. The van der Waals surface area contributed by atoms with Gasteiger partial charge in [-0.05, 0) is 37.1 Å². The fourth-order valence-corrected chi connectivity index (χ4v) is 3.58. The number of rotatable bonds is 4. The molecule has 1 N–H and O–H groups in total. The molecule has 0 fully saturated rings. The van der Waals surface area contributed by atoms with Gasteiger partial charge >= 0.3 is 0 Å². The van der Waals surface area contributed by atoms with E-state index in [2.05, 4.69) is 13.0 Å². The summed E-state index contributed by atoms with van der Waals surface area (Å²) < 4.78 is 13.9. The number of amides is 1. The first-order valence-corrected chi connectivity index (χ1v) is 8.49. The molecule has 1 aliphatic heterocycles. The first-order valence-electron chi connectivity index (χ1n) is 8.11. The van der Waals surface area contributed by atoms with Gasteiger partial charge in [-0.2, -0.15) is 0 Å². The molecule has 1 aliphatic rings. The molecule has 0 saturated carbocycles. The van der Waals surface area contributed by atoms with Gasteiger partial charge < -0.3 is 9.80 Å². The van der Waals surface area contributed by atoms with Crippen LogP contribution in [0.3, 0.4) is 0 Å². The number of likely N-dealkylation sites (N-methyl/N-ethyl adjacent to an activating group) is 1.